The predicted molar refractivity (Wildman–Crippen MR) is 78.4 cm³/mol. The Morgan fingerprint density at radius 2 is 1.89 bits per heavy atom. The molecule has 3 nitrogen and oxygen atoms in total. The van der Waals surface area contributed by atoms with E-state index in [-0.39, 0.29) is 6.61 Å². The van der Waals surface area contributed by atoms with Crippen LogP contribution in [0.2, 0.25) is 0 Å². The minimum Gasteiger partial charge on any atom is -0.395 e. The number of aliphatic hydroxyl groups is 2. The molecular weight excluding hydrogens is 238 g/mol. The molecule has 1 aliphatic carbocycles. The molecule has 19 heavy (non-hydrogen) atoms. The van der Waals surface area contributed by atoms with Gasteiger partial charge in [0.15, 0.2) is 0 Å². The van der Waals surface area contributed by atoms with E-state index in [9.17, 15) is 10.2 Å². The molecule has 106 valence electrons. The lowest BCUT2D eigenvalue weighted by Gasteiger charge is -2.37. The van der Waals surface area contributed by atoms with Crippen LogP contribution in [-0.4, -0.2) is 29.4 Å². The molecule has 2 rings (SSSR count). The van der Waals surface area contributed by atoms with Crippen LogP contribution < -0.4 is 4.90 Å². The summed E-state index contributed by atoms with van der Waals surface area (Å²) in [5.41, 5.74) is 2.04. The van der Waals surface area contributed by atoms with Crippen LogP contribution in [0.25, 0.3) is 0 Å². The highest BCUT2D eigenvalue weighted by atomic mass is 16.3. The molecule has 1 aromatic rings. The molecule has 3 heteroatoms. The standard InChI is InChI=1S/C16H25NO2/c1-13(19)15-9-5-6-10-16(15)17(11-12-18)14-7-3-2-4-8-14/h5-6,9-10,13-14,18-19H,2-4,7-8,11-12H2,1H3/t13-/m1/s1. The fraction of sp³-hybridized carbons (Fsp3) is 0.625. The third kappa shape index (κ3) is 3.48. The number of benzene rings is 1. The normalized spacial score (nSPS) is 18.3. The van der Waals surface area contributed by atoms with Crippen molar-refractivity contribution in [2.75, 3.05) is 18.1 Å². The van der Waals surface area contributed by atoms with E-state index >= 15 is 0 Å². The zero-order valence-corrected chi connectivity index (χ0v) is 11.8. The van der Waals surface area contributed by atoms with E-state index < -0.39 is 6.10 Å². The minimum atomic E-state index is -0.471. The van der Waals surface area contributed by atoms with Gasteiger partial charge in [0.1, 0.15) is 0 Å². The highest BCUT2D eigenvalue weighted by Gasteiger charge is 2.23. The lowest BCUT2D eigenvalue weighted by molar-refractivity contribution is 0.199. The van der Waals surface area contributed by atoms with Crippen LogP contribution in [0.3, 0.4) is 0 Å². The van der Waals surface area contributed by atoms with E-state index in [1.807, 2.05) is 18.2 Å². The summed E-state index contributed by atoms with van der Waals surface area (Å²) < 4.78 is 0. The predicted octanol–water partition coefficient (Wildman–Crippen LogP) is 2.87. The molecule has 0 bridgehead atoms. The first kappa shape index (κ1) is 14.4. The van der Waals surface area contributed by atoms with Crippen LogP contribution in [0, 0.1) is 0 Å². The molecular formula is C16H25NO2. The van der Waals surface area contributed by atoms with Crippen LogP contribution in [0.4, 0.5) is 5.69 Å². The zero-order valence-electron chi connectivity index (χ0n) is 11.8. The number of anilines is 1. The Morgan fingerprint density at radius 1 is 1.21 bits per heavy atom. The van der Waals surface area contributed by atoms with Gasteiger partial charge < -0.3 is 15.1 Å². The molecule has 0 aliphatic heterocycles. The van der Waals surface area contributed by atoms with Crippen molar-refractivity contribution in [1.29, 1.82) is 0 Å². The van der Waals surface area contributed by atoms with Gasteiger partial charge in [0.25, 0.3) is 0 Å². The van der Waals surface area contributed by atoms with Gasteiger partial charge in [-0.15, -0.1) is 0 Å². The molecule has 2 N–H and O–H groups in total. The molecule has 0 radical (unpaired) electrons. The first-order valence-electron chi connectivity index (χ1n) is 7.38. The summed E-state index contributed by atoms with van der Waals surface area (Å²) in [4.78, 5) is 2.29. The van der Waals surface area contributed by atoms with Crippen molar-refractivity contribution in [2.24, 2.45) is 0 Å². The van der Waals surface area contributed by atoms with Gasteiger partial charge in [-0.05, 0) is 25.8 Å². The summed E-state index contributed by atoms with van der Waals surface area (Å²) in [6.07, 6.45) is 5.76. The van der Waals surface area contributed by atoms with Crippen molar-refractivity contribution in [2.45, 2.75) is 51.2 Å². The van der Waals surface area contributed by atoms with Crippen molar-refractivity contribution in [3.63, 3.8) is 0 Å². The third-order valence-electron chi connectivity index (χ3n) is 4.05. The fourth-order valence-corrected chi connectivity index (χ4v) is 3.10. The van der Waals surface area contributed by atoms with Gasteiger partial charge in [0.05, 0.1) is 12.7 Å². The van der Waals surface area contributed by atoms with Gasteiger partial charge in [-0.3, -0.25) is 0 Å². The lowest BCUT2D eigenvalue weighted by Crippen LogP contribution is -2.39. The summed E-state index contributed by atoms with van der Waals surface area (Å²) in [6.45, 7) is 2.61. The molecule has 1 atom stereocenters. The average Bonchev–Trinajstić information content (AvgIpc) is 2.45. The monoisotopic (exact) mass is 263 g/mol. The number of hydrogen-bond acceptors (Lipinski definition) is 3. The maximum Gasteiger partial charge on any atom is 0.0781 e. The second-order valence-corrected chi connectivity index (χ2v) is 5.44. The first-order valence-corrected chi connectivity index (χ1v) is 7.38. The fourth-order valence-electron chi connectivity index (χ4n) is 3.10. The van der Waals surface area contributed by atoms with Crippen molar-refractivity contribution >= 4 is 5.69 Å². The molecule has 0 amide bonds. The Balaban J connectivity index is 2.27. The minimum absolute atomic E-state index is 0.157. The first-order chi connectivity index (χ1) is 9.24. The third-order valence-corrected chi connectivity index (χ3v) is 4.05. The van der Waals surface area contributed by atoms with Crippen LogP contribution >= 0.6 is 0 Å². The van der Waals surface area contributed by atoms with Crippen LogP contribution in [0.1, 0.15) is 50.7 Å². The summed E-state index contributed by atoms with van der Waals surface area (Å²) in [6, 6.07) is 8.51. The molecule has 1 aromatic carbocycles. The number of para-hydroxylation sites is 1. The molecule has 1 aliphatic rings. The Labute approximate surface area is 115 Å². The summed E-state index contributed by atoms with van der Waals surface area (Å²) in [5, 5.41) is 19.3. The number of nitrogens with zero attached hydrogens (tertiary/aromatic N) is 1. The number of rotatable bonds is 5. The number of hydrogen-bond donors (Lipinski definition) is 2. The van der Waals surface area contributed by atoms with E-state index in [1.54, 1.807) is 6.92 Å². The average molecular weight is 263 g/mol. The second kappa shape index (κ2) is 6.92. The zero-order chi connectivity index (χ0) is 13.7. The van der Waals surface area contributed by atoms with Crippen LogP contribution in [0.5, 0.6) is 0 Å². The van der Waals surface area contributed by atoms with Gasteiger partial charge in [0, 0.05) is 23.8 Å². The molecule has 1 saturated carbocycles. The topological polar surface area (TPSA) is 43.7 Å². The van der Waals surface area contributed by atoms with E-state index in [4.69, 9.17) is 0 Å². The maximum atomic E-state index is 9.93. The molecule has 0 heterocycles. The van der Waals surface area contributed by atoms with Gasteiger partial charge >= 0.3 is 0 Å². The highest BCUT2D eigenvalue weighted by Crippen LogP contribution is 2.32. The Kier molecular flexibility index (Phi) is 5.23. The molecule has 0 saturated heterocycles. The van der Waals surface area contributed by atoms with Crippen molar-refractivity contribution in [3.8, 4) is 0 Å². The maximum absolute atomic E-state index is 9.93. The molecule has 0 unspecified atom stereocenters. The largest absolute Gasteiger partial charge is 0.395 e. The van der Waals surface area contributed by atoms with E-state index in [0.29, 0.717) is 12.6 Å². The van der Waals surface area contributed by atoms with Gasteiger partial charge in [-0.25, -0.2) is 0 Å². The van der Waals surface area contributed by atoms with E-state index in [2.05, 4.69) is 11.0 Å². The lowest BCUT2D eigenvalue weighted by atomic mass is 9.93. The smallest absolute Gasteiger partial charge is 0.0781 e. The van der Waals surface area contributed by atoms with Crippen LogP contribution in [0.15, 0.2) is 24.3 Å². The SMILES string of the molecule is C[C@@H](O)c1ccccc1N(CCO)C1CCCCC1. The summed E-state index contributed by atoms with van der Waals surface area (Å²) >= 11 is 0. The Bertz CT molecular complexity index is 386. The van der Waals surface area contributed by atoms with Crippen molar-refractivity contribution in [3.05, 3.63) is 29.8 Å². The van der Waals surface area contributed by atoms with E-state index in [1.165, 1.54) is 32.1 Å². The molecule has 0 aromatic heterocycles. The summed E-state index contributed by atoms with van der Waals surface area (Å²) in [7, 11) is 0. The van der Waals surface area contributed by atoms with Crippen molar-refractivity contribution in [1.82, 2.24) is 0 Å². The highest BCUT2D eigenvalue weighted by molar-refractivity contribution is 5.55. The van der Waals surface area contributed by atoms with Gasteiger partial charge in [-0.1, -0.05) is 37.5 Å². The number of aliphatic hydroxyl groups excluding tert-OH is 2. The van der Waals surface area contributed by atoms with Gasteiger partial charge in [0.2, 0.25) is 0 Å². The van der Waals surface area contributed by atoms with Crippen molar-refractivity contribution < 1.29 is 10.2 Å². The van der Waals surface area contributed by atoms with Gasteiger partial charge in [-0.2, -0.15) is 0 Å². The second-order valence-electron chi connectivity index (χ2n) is 5.44. The molecule has 0 spiro atoms. The Morgan fingerprint density at radius 3 is 2.53 bits per heavy atom. The summed E-state index contributed by atoms with van der Waals surface area (Å²) in [5.74, 6) is 0. The van der Waals surface area contributed by atoms with E-state index in [0.717, 1.165) is 11.3 Å². The quantitative estimate of drug-likeness (QED) is 0.858. The molecule has 1 fully saturated rings. The Hall–Kier alpha value is -1.06. The van der Waals surface area contributed by atoms with Crippen LogP contribution in [-0.2, 0) is 0 Å².